The second-order valence-corrected chi connectivity index (χ2v) is 3.12. The zero-order chi connectivity index (χ0) is 7.56. The number of halogens is 1. The van der Waals surface area contributed by atoms with E-state index < -0.39 is 0 Å². The van der Waals surface area contributed by atoms with Crippen molar-refractivity contribution in [3.8, 4) is 0 Å². The highest BCUT2D eigenvalue weighted by Gasteiger charge is 1.95. The molecule has 0 amide bonds. The summed E-state index contributed by atoms with van der Waals surface area (Å²) >= 11 is 3.42. The van der Waals surface area contributed by atoms with Crippen molar-refractivity contribution < 1.29 is 0 Å². The molecule has 0 N–H and O–H groups in total. The first-order valence-electron chi connectivity index (χ1n) is 3.35. The maximum Gasteiger partial charge on any atom is 0.0514 e. The first-order valence-corrected chi connectivity index (χ1v) is 4.14. The summed E-state index contributed by atoms with van der Waals surface area (Å²) in [5.41, 5.74) is 2.33. The zero-order valence-electron chi connectivity index (χ0n) is 6.19. The standard InChI is InChI=1S/C8H10BrN/c1-3-7-4-8(9)6(2)10-5-7/h4-5H,3H2,1-2H3. The van der Waals surface area contributed by atoms with E-state index in [1.54, 1.807) is 0 Å². The van der Waals surface area contributed by atoms with E-state index in [-0.39, 0.29) is 0 Å². The summed E-state index contributed by atoms with van der Waals surface area (Å²) in [7, 11) is 0. The smallest absolute Gasteiger partial charge is 0.0514 e. The number of rotatable bonds is 1. The van der Waals surface area contributed by atoms with Gasteiger partial charge in [0.05, 0.1) is 5.69 Å². The molecule has 0 saturated carbocycles. The van der Waals surface area contributed by atoms with Crippen molar-refractivity contribution in [1.29, 1.82) is 0 Å². The number of hydrogen-bond donors (Lipinski definition) is 0. The largest absolute Gasteiger partial charge is 0.260 e. The van der Waals surface area contributed by atoms with Crippen LogP contribution in [-0.4, -0.2) is 4.98 Å². The Morgan fingerprint density at radius 1 is 1.60 bits per heavy atom. The average molecular weight is 200 g/mol. The summed E-state index contributed by atoms with van der Waals surface area (Å²) in [5.74, 6) is 0. The van der Waals surface area contributed by atoms with Gasteiger partial charge in [-0.05, 0) is 40.9 Å². The first-order chi connectivity index (χ1) is 4.74. The normalized spacial score (nSPS) is 9.90. The molecule has 1 nitrogen and oxygen atoms in total. The van der Waals surface area contributed by atoms with Gasteiger partial charge in [-0.3, -0.25) is 4.98 Å². The van der Waals surface area contributed by atoms with Crippen molar-refractivity contribution in [1.82, 2.24) is 4.98 Å². The molecule has 0 unspecified atom stereocenters. The lowest BCUT2D eigenvalue weighted by Gasteiger charge is -1.98. The molecule has 1 aromatic heterocycles. The third-order valence-corrected chi connectivity index (χ3v) is 2.29. The van der Waals surface area contributed by atoms with Gasteiger partial charge in [0.2, 0.25) is 0 Å². The van der Waals surface area contributed by atoms with Gasteiger partial charge in [0.1, 0.15) is 0 Å². The topological polar surface area (TPSA) is 12.9 Å². The van der Waals surface area contributed by atoms with Crippen molar-refractivity contribution >= 4 is 15.9 Å². The molecule has 2 heteroatoms. The van der Waals surface area contributed by atoms with Gasteiger partial charge in [-0.1, -0.05) is 6.92 Å². The maximum absolute atomic E-state index is 4.20. The molecular formula is C8H10BrN. The van der Waals surface area contributed by atoms with Crippen LogP contribution in [0, 0.1) is 6.92 Å². The van der Waals surface area contributed by atoms with E-state index in [1.165, 1.54) is 5.56 Å². The summed E-state index contributed by atoms with van der Waals surface area (Å²) in [6.07, 6.45) is 2.96. The van der Waals surface area contributed by atoms with E-state index in [9.17, 15) is 0 Å². The van der Waals surface area contributed by atoms with E-state index in [2.05, 4.69) is 33.9 Å². The van der Waals surface area contributed by atoms with Crippen molar-refractivity contribution in [2.75, 3.05) is 0 Å². The lowest BCUT2D eigenvalue weighted by atomic mass is 10.2. The number of aryl methyl sites for hydroxylation is 2. The first kappa shape index (κ1) is 7.73. The molecule has 0 bridgehead atoms. The van der Waals surface area contributed by atoms with Gasteiger partial charge >= 0.3 is 0 Å². The van der Waals surface area contributed by atoms with Crippen LogP contribution in [0.5, 0.6) is 0 Å². The molecule has 1 aromatic rings. The summed E-state index contributed by atoms with van der Waals surface area (Å²) < 4.78 is 1.10. The van der Waals surface area contributed by atoms with Gasteiger partial charge in [0, 0.05) is 10.7 Å². The van der Waals surface area contributed by atoms with E-state index in [1.807, 2.05) is 13.1 Å². The monoisotopic (exact) mass is 199 g/mol. The third kappa shape index (κ3) is 1.57. The molecule has 0 aromatic carbocycles. The maximum atomic E-state index is 4.20. The molecule has 0 radical (unpaired) electrons. The molecule has 10 heavy (non-hydrogen) atoms. The molecule has 54 valence electrons. The number of pyridine rings is 1. The van der Waals surface area contributed by atoms with Crippen molar-refractivity contribution in [3.63, 3.8) is 0 Å². The lowest BCUT2D eigenvalue weighted by molar-refractivity contribution is 1.07. The van der Waals surface area contributed by atoms with Gasteiger partial charge in [-0.15, -0.1) is 0 Å². The van der Waals surface area contributed by atoms with Gasteiger partial charge in [-0.25, -0.2) is 0 Å². The fraction of sp³-hybridized carbons (Fsp3) is 0.375. The summed E-state index contributed by atoms with van der Waals surface area (Å²) in [4.78, 5) is 4.20. The summed E-state index contributed by atoms with van der Waals surface area (Å²) in [5, 5.41) is 0. The van der Waals surface area contributed by atoms with Crippen LogP contribution in [0.1, 0.15) is 18.2 Å². The van der Waals surface area contributed by atoms with E-state index in [0.717, 1.165) is 16.6 Å². The van der Waals surface area contributed by atoms with Crippen LogP contribution in [-0.2, 0) is 6.42 Å². The van der Waals surface area contributed by atoms with Crippen LogP contribution >= 0.6 is 15.9 Å². The predicted molar refractivity (Wildman–Crippen MR) is 46.1 cm³/mol. The van der Waals surface area contributed by atoms with Crippen LogP contribution < -0.4 is 0 Å². The molecule has 0 saturated heterocycles. The SMILES string of the molecule is CCc1cnc(C)c(Br)c1. The minimum atomic E-state index is 1.05. The fourth-order valence-corrected chi connectivity index (χ4v) is 1.14. The van der Waals surface area contributed by atoms with E-state index in [4.69, 9.17) is 0 Å². The second kappa shape index (κ2) is 3.15. The van der Waals surface area contributed by atoms with Gasteiger partial charge in [-0.2, -0.15) is 0 Å². The Bertz CT molecular complexity index is 233. The lowest BCUT2D eigenvalue weighted by Crippen LogP contribution is -1.86. The number of hydrogen-bond acceptors (Lipinski definition) is 1. The van der Waals surface area contributed by atoms with Crippen molar-refractivity contribution in [3.05, 3.63) is 28.0 Å². The average Bonchev–Trinajstić information content (AvgIpc) is 1.95. The van der Waals surface area contributed by atoms with E-state index >= 15 is 0 Å². The molecule has 1 rings (SSSR count). The fourth-order valence-electron chi connectivity index (χ4n) is 0.739. The van der Waals surface area contributed by atoms with Gasteiger partial charge in [0.25, 0.3) is 0 Å². The minimum Gasteiger partial charge on any atom is -0.260 e. The van der Waals surface area contributed by atoms with Crippen LogP contribution in [0.25, 0.3) is 0 Å². The Morgan fingerprint density at radius 3 is 2.80 bits per heavy atom. The molecule has 0 atom stereocenters. The molecule has 1 heterocycles. The highest BCUT2D eigenvalue weighted by molar-refractivity contribution is 9.10. The molecule has 0 aliphatic rings. The quantitative estimate of drug-likeness (QED) is 0.679. The van der Waals surface area contributed by atoms with Crippen LogP contribution in [0.3, 0.4) is 0 Å². The second-order valence-electron chi connectivity index (χ2n) is 2.26. The van der Waals surface area contributed by atoms with Gasteiger partial charge in [0.15, 0.2) is 0 Å². The summed E-state index contributed by atoms with van der Waals surface area (Å²) in [6.45, 7) is 4.11. The predicted octanol–water partition coefficient (Wildman–Crippen LogP) is 2.71. The van der Waals surface area contributed by atoms with Crippen molar-refractivity contribution in [2.24, 2.45) is 0 Å². The number of aromatic nitrogens is 1. The Hall–Kier alpha value is -0.370. The Balaban J connectivity index is 3.04. The van der Waals surface area contributed by atoms with Crippen molar-refractivity contribution in [2.45, 2.75) is 20.3 Å². The van der Waals surface area contributed by atoms with Gasteiger partial charge < -0.3 is 0 Å². The Kier molecular flexibility index (Phi) is 2.44. The van der Waals surface area contributed by atoms with E-state index in [0.29, 0.717) is 0 Å². The molecule has 0 aliphatic carbocycles. The summed E-state index contributed by atoms with van der Waals surface area (Å²) in [6, 6.07) is 2.11. The Morgan fingerprint density at radius 2 is 2.30 bits per heavy atom. The Labute approximate surface area is 69.6 Å². The van der Waals surface area contributed by atoms with Crippen LogP contribution in [0.4, 0.5) is 0 Å². The highest BCUT2D eigenvalue weighted by atomic mass is 79.9. The highest BCUT2D eigenvalue weighted by Crippen LogP contribution is 2.14. The molecule has 0 spiro atoms. The van der Waals surface area contributed by atoms with Crippen LogP contribution in [0.2, 0.25) is 0 Å². The molecule has 0 fully saturated rings. The minimum absolute atomic E-state index is 1.05. The molecule has 0 aliphatic heterocycles. The third-order valence-electron chi connectivity index (χ3n) is 1.49. The number of nitrogens with zero attached hydrogens (tertiary/aromatic N) is 1. The molecular weight excluding hydrogens is 190 g/mol. The zero-order valence-corrected chi connectivity index (χ0v) is 7.77. The van der Waals surface area contributed by atoms with Crippen LogP contribution in [0.15, 0.2) is 16.7 Å².